The summed E-state index contributed by atoms with van der Waals surface area (Å²) in [6.07, 6.45) is 2.70. The highest BCUT2D eigenvalue weighted by Gasteiger charge is 2.18. The fraction of sp³-hybridized carbons (Fsp3) is 0.308. The zero-order chi connectivity index (χ0) is 14.5. The number of rotatable bonds is 5. The van der Waals surface area contributed by atoms with Crippen molar-refractivity contribution in [1.82, 2.24) is 5.32 Å². The Labute approximate surface area is 115 Å². The van der Waals surface area contributed by atoms with Crippen molar-refractivity contribution in [2.45, 2.75) is 12.5 Å². The molecule has 1 unspecified atom stereocenters. The van der Waals surface area contributed by atoms with Crippen LogP contribution in [0.25, 0.3) is 6.08 Å². The fourth-order valence-corrected chi connectivity index (χ4v) is 1.37. The van der Waals surface area contributed by atoms with Gasteiger partial charge in [0, 0.05) is 12.6 Å². The van der Waals surface area contributed by atoms with Crippen LogP contribution in [0.15, 0.2) is 24.3 Å². The third kappa shape index (κ3) is 5.38. The van der Waals surface area contributed by atoms with E-state index in [0.717, 1.165) is 0 Å². The highest BCUT2D eigenvalue weighted by Crippen LogP contribution is 2.16. The van der Waals surface area contributed by atoms with Gasteiger partial charge in [0.15, 0.2) is 0 Å². The number of carbonyl (C=O) groups excluding carboxylic acids is 1. The van der Waals surface area contributed by atoms with Gasteiger partial charge in [0.2, 0.25) is 5.91 Å². The van der Waals surface area contributed by atoms with Crippen molar-refractivity contribution in [3.63, 3.8) is 0 Å². The van der Waals surface area contributed by atoms with E-state index >= 15 is 0 Å². The van der Waals surface area contributed by atoms with E-state index in [1.165, 1.54) is 37.3 Å². The maximum atomic E-state index is 12.9. The number of hydrogen-bond acceptors (Lipinski definition) is 3. The van der Waals surface area contributed by atoms with Crippen LogP contribution in [0.4, 0.5) is 4.39 Å². The topological polar surface area (TPSA) is 69.6 Å². The molecule has 0 saturated carbocycles. The summed E-state index contributed by atoms with van der Waals surface area (Å²) >= 11 is 5.60. The van der Waals surface area contributed by atoms with Gasteiger partial charge in [0.25, 0.3) is 0 Å². The lowest BCUT2D eigenvalue weighted by atomic mass is 10.1. The van der Waals surface area contributed by atoms with Gasteiger partial charge in [0.05, 0.1) is 11.6 Å². The number of halogens is 2. The van der Waals surface area contributed by atoms with Crippen molar-refractivity contribution in [2.24, 2.45) is 0 Å². The van der Waals surface area contributed by atoms with Crippen LogP contribution in [0.5, 0.6) is 0 Å². The first kappa shape index (κ1) is 15.6. The number of carbonyl (C=O) groups is 1. The SMILES string of the molecule is CC(O)(CO)CNC(=O)C=Cc1ccc(F)c(Cl)c1. The highest BCUT2D eigenvalue weighted by molar-refractivity contribution is 6.30. The van der Waals surface area contributed by atoms with E-state index in [4.69, 9.17) is 16.7 Å². The average molecular weight is 288 g/mol. The number of benzene rings is 1. The molecule has 0 fully saturated rings. The average Bonchev–Trinajstić information content (AvgIpc) is 2.38. The Morgan fingerprint density at radius 2 is 2.26 bits per heavy atom. The molecule has 0 saturated heterocycles. The second-order valence-corrected chi connectivity index (χ2v) is 4.79. The molecule has 0 heterocycles. The van der Waals surface area contributed by atoms with Crippen molar-refractivity contribution in [2.75, 3.05) is 13.2 Å². The molecule has 6 heteroatoms. The van der Waals surface area contributed by atoms with E-state index in [1.54, 1.807) is 0 Å². The Hall–Kier alpha value is -1.43. The number of aliphatic hydroxyl groups is 2. The standard InChI is InChI=1S/C13H15ClFNO3/c1-13(19,8-17)7-16-12(18)5-3-9-2-4-11(15)10(14)6-9/h2-6,17,19H,7-8H2,1H3,(H,16,18). The minimum atomic E-state index is -1.36. The molecule has 1 aromatic carbocycles. The zero-order valence-electron chi connectivity index (χ0n) is 10.4. The highest BCUT2D eigenvalue weighted by atomic mass is 35.5. The summed E-state index contributed by atoms with van der Waals surface area (Å²) in [6, 6.07) is 4.08. The third-order valence-corrected chi connectivity index (χ3v) is 2.64. The van der Waals surface area contributed by atoms with E-state index in [-0.39, 0.29) is 11.6 Å². The van der Waals surface area contributed by atoms with E-state index in [1.807, 2.05) is 0 Å². The van der Waals surface area contributed by atoms with Crippen LogP contribution in [-0.4, -0.2) is 34.9 Å². The molecule has 3 N–H and O–H groups in total. The Kier molecular flexibility index (Phi) is 5.47. The van der Waals surface area contributed by atoms with E-state index in [0.29, 0.717) is 5.56 Å². The lowest BCUT2D eigenvalue weighted by Crippen LogP contribution is -2.42. The maximum absolute atomic E-state index is 12.9. The molecular weight excluding hydrogens is 273 g/mol. The van der Waals surface area contributed by atoms with Crippen molar-refractivity contribution < 1.29 is 19.4 Å². The van der Waals surface area contributed by atoms with Gasteiger partial charge in [-0.1, -0.05) is 17.7 Å². The summed E-state index contributed by atoms with van der Waals surface area (Å²) in [4.78, 5) is 11.4. The summed E-state index contributed by atoms with van der Waals surface area (Å²) in [6.45, 7) is 0.873. The van der Waals surface area contributed by atoms with Crippen LogP contribution >= 0.6 is 11.6 Å². The van der Waals surface area contributed by atoms with E-state index < -0.39 is 23.9 Å². The first-order valence-electron chi connectivity index (χ1n) is 5.58. The van der Waals surface area contributed by atoms with Gasteiger partial charge in [-0.05, 0) is 30.7 Å². The molecule has 0 spiro atoms. The zero-order valence-corrected chi connectivity index (χ0v) is 11.1. The van der Waals surface area contributed by atoms with Crippen LogP contribution in [0.2, 0.25) is 5.02 Å². The molecule has 0 aliphatic heterocycles. The second-order valence-electron chi connectivity index (χ2n) is 4.38. The molecule has 104 valence electrons. The number of hydrogen-bond donors (Lipinski definition) is 3. The summed E-state index contributed by atoms with van der Waals surface area (Å²) < 4.78 is 12.9. The first-order chi connectivity index (χ1) is 8.84. The lowest BCUT2D eigenvalue weighted by molar-refractivity contribution is -0.117. The van der Waals surface area contributed by atoms with E-state index in [9.17, 15) is 14.3 Å². The van der Waals surface area contributed by atoms with Crippen LogP contribution < -0.4 is 5.32 Å². The van der Waals surface area contributed by atoms with E-state index in [2.05, 4.69) is 5.32 Å². The lowest BCUT2D eigenvalue weighted by Gasteiger charge is -2.19. The predicted molar refractivity (Wildman–Crippen MR) is 71.2 cm³/mol. The monoisotopic (exact) mass is 287 g/mol. The Bertz CT molecular complexity index is 489. The molecule has 1 amide bonds. The normalized spacial score (nSPS) is 14.4. The van der Waals surface area contributed by atoms with Gasteiger partial charge in [0.1, 0.15) is 11.4 Å². The first-order valence-corrected chi connectivity index (χ1v) is 5.96. The van der Waals surface area contributed by atoms with Crippen LogP contribution in [0.3, 0.4) is 0 Å². The Morgan fingerprint density at radius 1 is 1.58 bits per heavy atom. The van der Waals surface area contributed by atoms with Crippen molar-refractivity contribution in [3.8, 4) is 0 Å². The van der Waals surface area contributed by atoms with Crippen molar-refractivity contribution in [1.29, 1.82) is 0 Å². The molecule has 0 aromatic heterocycles. The number of aliphatic hydroxyl groups excluding tert-OH is 1. The number of amides is 1. The van der Waals surface area contributed by atoms with Crippen LogP contribution in [-0.2, 0) is 4.79 Å². The molecule has 1 rings (SSSR count). The molecule has 19 heavy (non-hydrogen) atoms. The van der Waals surface area contributed by atoms with Gasteiger partial charge < -0.3 is 15.5 Å². The fourth-order valence-electron chi connectivity index (χ4n) is 1.18. The smallest absolute Gasteiger partial charge is 0.244 e. The second kappa shape index (κ2) is 6.65. The minimum absolute atomic E-state index is 0.0224. The predicted octanol–water partition coefficient (Wildman–Crippen LogP) is 1.35. The van der Waals surface area contributed by atoms with Gasteiger partial charge in [-0.2, -0.15) is 0 Å². The quantitative estimate of drug-likeness (QED) is 0.716. The van der Waals surface area contributed by atoms with Crippen molar-refractivity contribution >= 4 is 23.6 Å². The summed E-state index contributed by atoms with van der Waals surface area (Å²) in [7, 11) is 0. The molecule has 1 aromatic rings. The van der Waals surface area contributed by atoms with Gasteiger partial charge in [-0.25, -0.2) is 4.39 Å². The summed E-state index contributed by atoms with van der Waals surface area (Å²) in [5.41, 5.74) is -0.779. The maximum Gasteiger partial charge on any atom is 0.244 e. The Morgan fingerprint density at radius 3 is 2.84 bits per heavy atom. The largest absolute Gasteiger partial charge is 0.393 e. The summed E-state index contributed by atoms with van der Waals surface area (Å²) in [5, 5.41) is 20.7. The molecule has 0 aliphatic rings. The Balaban J connectivity index is 2.56. The summed E-state index contributed by atoms with van der Waals surface area (Å²) in [5.74, 6) is -0.962. The molecule has 4 nitrogen and oxygen atoms in total. The molecular formula is C13H15ClFNO3. The van der Waals surface area contributed by atoms with Gasteiger partial charge >= 0.3 is 0 Å². The van der Waals surface area contributed by atoms with Gasteiger partial charge in [-0.15, -0.1) is 0 Å². The number of nitrogens with one attached hydrogen (secondary N) is 1. The van der Waals surface area contributed by atoms with Crippen molar-refractivity contribution in [3.05, 3.63) is 40.7 Å². The molecule has 0 aliphatic carbocycles. The van der Waals surface area contributed by atoms with Crippen LogP contribution in [0.1, 0.15) is 12.5 Å². The van der Waals surface area contributed by atoms with Crippen LogP contribution in [0, 0.1) is 5.82 Å². The third-order valence-electron chi connectivity index (χ3n) is 2.35. The molecule has 0 radical (unpaired) electrons. The minimum Gasteiger partial charge on any atom is -0.393 e. The molecule has 0 bridgehead atoms. The van der Waals surface area contributed by atoms with Gasteiger partial charge in [-0.3, -0.25) is 4.79 Å². The molecule has 1 atom stereocenters.